The summed E-state index contributed by atoms with van der Waals surface area (Å²) in [7, 11) is -3.67. The number of rotatable bonds is 4. The smallest absolute Gasteiger partial charge is 0.263 e. The number of amidine groups is 1. The summed E-state index contributed by atoms with van der Waals surface area (Å²) in [6.45, 7) is 7.51. The summed E-state index contributed by atoms with van der Waals surface area (Å²) >= 11 is 0. The Hall–Kier alpha value is -2.74. The van der Waals surface area contributed by atoms with Crippen molar-refractivity contribution in [2.75, 3.05) is 0 Å². The van der Waals surface area contributed by atoms with E-state index in [9.17, 15) is 17.6 Å². The average molecular weight is 418 g/mol. The number of hydrogen-bond donors (Lipinski definition) is 2. The van der Waals surface area contributed by atoms with Crippen molar-refractivity contribution in [2.45, 2.75) is 44.7 Å². The summed E-state index contributed by atoms with van der Waals surface area (Å²) in [4.78, 5) is 17.3. The topological polar surface area (TPSA) is 87.6 Å². The molecule has 8 heteroatoms. The van der Waals surface area contributed by atoms with Gasteiger partial charge >= 0.3 is 0 Å². The van der Waals surface area contributed by atoms with Gasteiger partial charge < -0.3 is 5.32 Å². The molecule has 154 valence electrons. The van der Waals surface area contributed by atoms with Crippen molar-refractivity contribution in [1.29, 1.82) is 0 Å². The number of benzene rings is 2. The molecule has 0 fully saturated rings. The van der Waals surface area contributed by atoms with Gasteiger partial charge in [0.15, 0.2) is 0 Å². The lowest BCUT2D eigenvalue weighted by atomic mass is 9.82. The number of nitrogens with one attached hydrogen (secondary N) is 2. The predicted molar refractivity (Wildman–Crippen MR) is 110 cm³/mol. The van der Waals surface area contributed by atoms with E-state index in [4.69, 9.17) is 0 Å². The van der Waals surface area contributed by atoms with Gasteiger partial charge in [0, 0.05) is 5.56 Å². The highest BCUT2D eigenvalue weighted by Crippen LogP contribution is 2.33. The molecule has 0 bridgehead atoms. The van der Waals surface area contributed by atoms with Gasteiger partial charge in [0.1, 0.15) is 17.7 Å². The van der Waals surface area contributed by atoms with E-state index < -0.39 is 16.1 Å². The van der Waals surface area contributed by atoms with Crippen LogP contribution in [0.2, 0.25) is 0 Å². The van der Waals surface area contributed by atoms with E-state index >= 15 is 0 Å². The standard InChI is InChI=1S/C21H24FN3O3S/c1-13(23-19-16-7-5-6-8-17(16)29(27,28)25-19)20(26)24-18(21(2,3)4)14-9-11-15(22)12-10-14/h5-13,18H,1-4H3,(H,23,25)(H,24,26)/t13-,18?/m0/s1. The molecule has 1 heterocycles. The molecule has 6 nitrogen and oxygen atoms in total. The molecule has 0 spiro atoms. The van der Waals surface area contributed by atoms with Crippen molar-refractivity contribution in [3.05, 3.63) is 65.5 Å². The zero-order valence-corrected chi connectivity index (χ0v) is 17.5. The lowest BCUT2D eigenvalue weighted by molar-refractivity contribution is -0.123. The Morgan fingerprint density at radius 3 is 2.34 bits per heavy atom. The number of nitrogens with zero attached hydrogens (tertiary/aromatic N) is 1. The maximum Gasteiger partial charge on any atom is 0.263 e. The van der Waals surface area contributed by atoms with Crippen LogP contribution in [0.1, 0.15) is 44.9 Å². The molecule has 2 aromatic carbocycles. The zero-order valence-electron chi connectivity index (χ0n) is 16.7. The minimum Gasteiger partial charge on any atom is -0.347 e. The second kappa shape index (κ2) is 7.59. The number of fused-ring (bicyclic) bond motifs is 1. The lowest BCUT2D eigenvalue weighted by Crippen LogP contribution is -2.41. The van der Waals surface area contributed by atoms with Crippen LogP contribution in [0.15, 0.2) is 58.4 Å². The van der Waals surface area contributed by atoms with Crippen LogP contribution in [0.25, 0.3) is 0 Å². The highest BCUT2D eigenvalue weighted by molar-refractivity contribution is 7.90. The molecule has 2 atom stereocenters. The second-order valence-electron chi connectivity index (χ2n) is 8.11. The van der Waals surface area contributed by atoms with Crippen LogP contribution in [0, 0.1) is 11.2 Å². The van der Waals surface area contributed by atoms with Crippen molar-refractivity contribution in [3.63, 3.8) is 0 Å². The van der Waals surface area contributed by atoms with E-state index in [0.29, 0.717) is 5.56 Å². The minimum absolute atomic E-state index is 0.144. The minimum atomic E-state index is -3.67. The van der Waals surface area contributed by atoms with Crippen molar-refractivity contribution in [2.24, 2.45) is 10.4 Å². The van der Waals surface area contributed by atoms with E-state index in [1.807, 2.05) is 20.8 Å². The highest BCUT2D eigenvalue weighted by Gasteiger charge is 2.32. The summed E-state index contributed by atoms with van der Waals surface area (Å²) in [5, 5.41) is 2.97. The summed E-state index contributed by atoms with van der Waals surface area (Å²) in [5.74, 6) is -0.553. The molecule has 1 aliphatic heterocycles. The number of hydrogen-bond acceptors (Lipinski definition) is 4. The Morgan fingerprint density at radius 1 is 1.10 bits per heavy atom. The number of carbonyl (C=O) groups is 1. The van der Waals surface area contributed by atoms with Gasteiger partial charge in [-0.25, -0.2) is 12.8 Å². The first-order valence-corrected chi connectivity index (χ1v) is 10.7. The first-order valence-electron chi connectivity index (χ1n) is 9.25. The molecule has 0 radical (unpaired) electrons. The summed E-state index contributed by atoms with van der Waals surface area (Å²) in [5.41, 5.74) is 0.888. The van der Waals surface area contributed by atoms with Crippen LogP contribution in [0.4, 0.5) is 4.39 Å². The van der Waals surface area contributed by atoms with Gasteiger partial charge in [-0.2, -0.15) is 0 Å². The van der Waals surface area contributed by atoms with Crippen molar-refractivity contribution in [1.82, 2.24) is 10.0 Å². The van der Waals surface area contributed by atoms with Crippen molar-refractivity contribution >= 4 is 21.8 Å². The number of carbonyl (C=O) groups excluding carboxylic acids is 1. The molecule has 1 unspecified atom stereocenters. The molecule has 0 saturated carbocycles. The fourth-order valence-electron chi connectivity index (χ4n) is 3.20. The number of aliphatic imine (C=N–C) groups is 1. The van der Waals surface area contributed by atoms with E-state index in [1.165, 1.54) is 18.2 Å². The molecule has 0 aromatic heterocycles. The van der Waals surface area contributed by atoms with Crippen LogP contribution < -0.4 is 10.0 Å². The van der Waals surface area contributed by atoms with Crippen LogP contribution in [-0.4, -0.2) is 26.2 Å². The summed E-state index contributed by atoms with van der Waals surface area (Å²) in [6.07, 6.45) is 0. The molecule has 2 N–H and O–H groups in total. The maximum absolute atomic E-state index is 13.3. The summed E-state index contributed by atoms with van der Waals surface area (Å²) < 4.78 is 40.1. The molecule has 2 aromatic rings. The monoisotopic (exact) mass is 417 g/mol. The van der Waals surface area contributed by atoms with Crippen molar-refractivity contribution in [3.8, 4) is 0 Å². The maximum atomic E-state index is 13.3. The third kappa shape index (κ3) is 4.48. The second-order valence-corrected chi connectivity index (χ2v) is 9.77. The molecule has 0 saturated heterocycles. The molecule has 1 amide bonds. The van der Waals surface area contributed by atoms with Crippen LogP contribution in [0.3, 0.4) is 0 Å². The quantitative estimate of drug-likeness (QED) is 0.801. The molecule has 29 heavy (non-hydrogen) atoms. The molecular formula is C21H24FN3O3S. The fourth-order valence-corrected chi connectivity index (χ4v) is 4.44. The van der Waals surface area contributed by atoms with E-state index in [2.05, 4.69) is 15.0 Å². The number of sulfonamides is 1. The van der Waals surface area contributed by atoms with Gasteiger partial charge in [0.25, 0.3) is 10.0 Å². The van der Waals surface area contributed by atoms with Crippen LogP contribution in [-0.2, 0) is 14.8 Å². The van der Waals surface area contributed by atoms with Gasteiger partial charge in [-0.15, -0.1) is 0 Å². The number of amides is 1. The molecule has 0 aliphatic carbocycles. The van der Waals surface area contributed by atoms with Crippen LogP contribution in [0.5, 0.6) is 0 Å². The zero-order chi connectivity index (χ0) is 21.4. The fraction of sp³-hybridized carbons (Fsp3) is 0.333. The lowest BCUT2D eigenvalue weighted by Gasteiger charge is -2.32. The van der Waals surface area contributed by atoms with Gasteiger partial charge in [0.05, 0.1) is 10.9 Å². The molecule has 3 rings (SSSR count). The third-order valence-corrected chi connectivity index (χ3v) is 6.12. The highest BCUT2D eigenvalue weighted by atomic mass is 32.2. The number of halogens is 1. The molecular weight excluding hydrogens is 393 g/mol. The van der Waals surface area contributed by atoms with Gasteiger partial charge in [-0.1, -0.05) is 45.0 Å². The van der Waals surface area contributed by atoms with Gasteiger partial charge in [-0.05, 0) is 42.2 Å². The van der Waals surface area contributed by atoms with E-state index in [-0.39, 0.29) is 33.9 Å². The Labute approximate surface area is 170 Å². The Bertz CT molecular complexity index is 1060. The van der Waals surface area contributed by atoms with Gasteiger partial charge in [-0.3, -0.25) is 14.5 Å². The Kier molecular flexibility index (Phi) is 5.49. The van der Waals surface area contributed by atoms with E-state index in [0.717, 1.165) is 5.56 Å². The first kappa shape index (κ1) is 21.0. The largest absolute Gasteiger partial charge is 0.347 e. The predicted octanol–water partition coefficient (Wildman–Crippen LogP) is 3.16. The Balaban J connectivity index is 1.84. The Morgan fingerprint density at radius 2 is 1.72 bits per heavy atom. The normalized spacial score (nSPS) is 18.6. The van der Waals surface area contributed by atoms with E-state index in [1.54, 1.807) is 37.3 Å². The first-order chi connectivity index (χ1) is 13.5. The summed E-state index contributed by atoms with van der Waals surface area (Å²) in [6, 6.07) is 11.3. The van der Waals surface area contributed by atoms with Gasteiger partial charge in [0.2, 0.25) is 5.91 Å². The average Bonchev–Trinajstić information content (AvgIpc) is 2.90. The SMILES string of the molecule is C[C@H](N=C1NS(=O)(=O)c2ccccc21)C(=O)NC(c1ccc(F)cc1)C(C)(C)C. The van der Waals surface area contributed by atoms with Crippen molar-refractivity contribution < 1.29 is 17.6 Å². The van der Waals surface area contributed by atoms with Crippen LogP contribution >= 0.6 is 0 Å². The third-order valence-electron chi connectivity index (χ3n) is 4.72. The molecule has 1 aliphatic rings.